The summed E-state index contributed by atoms with van der Waals surface area (Å²) in [5.74, 6) is 0.756. The summed E-state index contributed by atoms with van der Waals surface area (Å²) >= 11 is 0. The number of amides is 1. The fraction of sp³-hybridized carbons (Fsp3) is 0.240. The molecule has 0 unspecified atom stereocenters. The molecule has 0 radical (unpaired) electrons. The summed E-state index contributed by atoms with van der Waals surface area (Å²) in [5, 5.41) is 2.80. The van der Waals surface area contributed by atoms with Gasteiger partial charge in [-0.1, -0.05) is 54.6 Å². The molecule has 3 aromatic rings. The van der Waals surface area contributed by atoms with Crippen LogP contribution in [0.3, 0.4) is 0 Å². The van der Waals surface area contributed by atoms with E-state index < -0.39 is 15.9 Å². The molecular weight excluding hydrogens is 440 g/mol. The van der Waals surface area contributed by atoms with Crippen LogP contribution >= 0.6 is 0 Å². The summed E-state index contributed by atoms with van der Waals surface area (Å²) in [6, 6.07) is 23.1. The second-order valence-electron chi connectivity index (χ2n) is 7.35. The molecular formula is C25H28N2O5S. The number of carbonyl (C=O) groups excluding carboxylic acids is 1. The molecule has 0 heterocycles. The van der Waals surface area contributed by atoms with Crippen molar-refractivity contribution in [3.63, 3.8) is 0 Å². The van der Waals surface area contributed by atoms with E-state index in [1.165, 1.54) is 16.4 Å². The van der Waals surface area contributed by atoms with E-state index in [-0.39, 0.29) is 24.5 Å². The Hall–Kier alpha value is -3.36. The van der Waals surface area contributed by atoms with Crippen LogP contribution in [0.5, 0.6) is 11.5 Å². The number of benzene rings is 3. The zero-order valence-electron chi connectivity index (χ0n) is 18.7. The van der Waals surface area contributed by atoms with Gasteiger partial charge < -0.3 is 14.8 Å². The maximum Gasteiger partial charge on any atom is 0.243 e. The lowest BCUT2D eigenvalue weighted by atomic mass is 10.1. The van der Waals surface area contributed by atoms with Crippen molar-refractivity contribution in [1.29, 1.82) is 0 Å². The first-order valence-corrected chi connectivity index (χ1v) is 11.9. The minimum Gasteiger partial charge on any atom is -0.493 e. The highest BCUT2D eigenvalue weighted by molar-refractivity contribution is 7.89. The van der Waals surface area contributed by atoms with E-state index in [1.54, 1.807) is 44.6 Å². The maximum atomic E-state index is 13.2. The van der Waals surface area contributed by atoms with Gasteiger partial charge in [0.25, 0.3) is 0 Å². The molecule has 0 aromatic heterocycles. The number of rotatable bonds is 11. The van der Waals surface area contributed by atoms with E-state index in [2.05, 4.69) is 5.32 Å². The van der Waals surface area contributed by atoms with E-state index in [4.69, 9.17) is 9.47 Å². The number of hydrogen-bond acceptors (Lipinski definition) is 5. The molecule has 0 spiro atoms. The van der Waals surface area contributed by atoms with Gasteiger partial charge in [-0.25, -0.2) is 8.42 Å². The summed E-state index contributed by atoms with van der Waals surface area (Å²) in [4.78, 5) is 12.9. The first-order chi connectivity index (χ1) is 15.9. The van der Waals surface area contributed by atoms with Crippen LogP contribution in [0.1, 0.15) is 11.1 Å². The number of nitrogens with one attached hydrogen (secondary N) is 1. The summed E-state index contributed by atoms with van der Waals surface area (Å²) in [7, 11) is -0.740. The molecule has 0 fully saturated rings. The second kappa shape index (κ2) is 11.5. The number of hydrogen-bond donors (Lipinski definition) is 1. The summed E-state index contributed by atoms with van der Waals surface area (Å²) in [5.41, 5.74) is 1.80. The van der Waals surface area contributed by atoms with Gasteiger partial charge in [-0.05, 0) is 41.8 Å². The molecule has 0 aliphatic carbocycles. The Bertz CT molecular complexity index is 1150. The van der Waals surface area contributed by atoms with Gasteiger partial charge in [0, 0.05) is 13.1 Å². The van der Waals surface area contributed by atoms with Crippen molar-refractivity contribution in [3.8, 4) is 11.5 Å². The van der Waals surface area contributed by atoms with E-state index >= 15 is 0 Å². The standard InChI is InChI=1S/C25H28N2O5S/c1-31-23-14-13-21(17-24(23)32-2)18-26-25(28)19-27(16-15-20-9-5-3-6-10-20)33(29,30)22-11-7-4-8-12-22/h3-14,17H,15-16,18-19H2,1-2H3,(H,26,28). The highest BCUT2D eigenvalue weighted by atomic mass is 32.2. The molecule has 8 heteroatoms. The quantitative estimate of drug-likeness (QED) is 0.467. The molecule has 1 amide bonds. The molecule has 7 nitrogen and oxygen atoms in total. The summed E-state index contributed by atoms with van der Waals surface area (Å²) < 4.78 is 38.2. The number of sulfonamides is 1. The molecule has 33 heavy (non-hydrogen) atoms. The Balaban J connectivity index is 1.71. The normalized spacial score (nSPS) is 11.2. The zero-order valence-corrected chi connectivity index (χ0v) is 19.5. The Labute approximate surface area is 195 Å². The van der Waals surface area contributed by atoms with E-state index in [1.807, 2.05) is 36.4 Å². The van der Waals surface area contributed by atoms with Crippen molar-refractivity contribution in [3.05, 3.63) is 90.0 Å². The van der Waals surface area contributed by atoms with Crippen LogP contribution in [0.25, 0.3) is 0 Å². The van der Waals surface area contributed by atoms with Gasteiger partial charge in [0.1, 0.15) is 0 Å². The predicted octanol–water partition coefficient (Wildman–Crippen LogP) is 3.25. The molecule has 3 aromatic carbocycles. The third-order valence-electron chi connectivity index (χ3n) is 5.13. The molecule has 0 aliphatic rings. The molecule has 0 bridgehead atoms. The topological polar surface area (TPSA) is 84.9 Å². The van der Waals surface area contributed by atoms with Gasteiger partial charge in [0.05, 0.1) is 25.7 Å². The Kier molecular flexibility index (Phi) is 8.46. The molecule has 0 atom stereocenters. The van der Waals surface area contributed by atoms with Crippen molar-refractivity contribution in [2.24, 2.45) is 0 Å². The monoisotopic (exact) mass is 468 g/mol. The number of carbonyl (C=O) groups is 1. The van der Waals surface area contributed by atoms with E-state index in [0.717, 1.165) is 11.1 Å². The van der Waals surface area contributed by atoms with Gasteiger partial charge in [0.2, 0.25) is 15.9 Å². The average molecular weight is 469 g/mol. The lowest BCUT2D eigenvalue weighted by molar-refractivity contribution is -0.121. The predicted molar refractivity (Wildman–Crippen MR) is 127 cm³/mol. The van der Waals surface area contributed by atoms with Crippen molar-refractivity contribution >= 4 is 15.9 Å². The summed E-state index contributed by atoms with van der Waals surface area (Å²) in [6.07, 6.45) is 0.496. The number of ether oxygens (including phenoxy) is 2. The lowest BCUT2D eigenvalue weighted by Gasteiger charge is -2.22. The molecule has 174 valence electrons. The lowest BCUT2D eigenvalue weighted by Crippen LogP contribution is -2.41. The average Bonchev–Trinajstić information content (AvgIpc) is 2.86. The number of methoxy groups -OCH3 is 2. The van der Waals surface area contributed by atoms with E-state index in [9.17, 15) is 13.2 Å². The van der Waals surface area contributed by atoms with Crippen LogP contribution in [0.4, 0.5) is 0 Å². The number of nitrogens with zero attached hydrogens (tertiary/aromatic N) is 1. The van der Waals surface area contributed by atoms with Gasteiger partial charge in [-0.2, -0.15) is 4.31 Å². The molecule has 1 N–H and O–H groups in total. The minimum absolute atomic E-state index is 0.158. The van der Waals surface area contributed by atoms with Crippen LogP contribution in [0.15, 0.2) is 83.8 Å². The molecule has 0 saturated heterocycles. The first kappa shape index (κ1) is 24.3. The maximum absolute atomic E-state index is 13.2. The van der Waals surface area contributed by atoms with Crippen molar-refractivity contribution < 1.29 is 22.7 Å². The van der Waals surface area contributed by atoms with E-state index in [0.29, 0.717) is 17.9 Å². The fourth-order valence-electron chi connectivity index (χ4n) is 3.33. The minimum atomic E-state index is -3.83. The van der Waals surface area contributed by atoms with Crippen LogP contribution in [-0.4, -0.2) is 45.9 Å². The van der Waals surface area contributed by atoms with Crippen molar-refractivity contribution in [2.75, 3.05) is 27.3 Å². The summed E-state index contributed by atoms with van der Waals surface area (Å²) in [6.45, 7) is 0.138. The SMILES string of the molecule is COc1ccc(CNC(=O)CN(CCc2ccccc2)S(=O)(=O)c2ccccc2)cc1OC. The third kappa shape index (κ3) is 6.57. The van der Waals surface area contributed by atoms with Crippen LogP contribution < -0.4 is 14.8 Å². The Morgan fingerprint density at radius 1 is 0.848 bits per heavy atom. The third-order valence-corrected chi connectivity index (χ3v) is 6.99. The highest BCUT2D eigenvalue weighted by Crippen LogP contribution is 2.27. The second-order valence-corrected chi connectivity index (χ2v) is 9.29. The van der Waals surface area contributed by atoms with Gasteiger partial charge in [-0.3, -0.25) is 4.79 Å². The van der Waals surface area contributed by atoms with Gasteiger partial charge >= 0.3 is 0 Å². The first-order valence-electron chi connectivity index (χ1n) is 10.5. The zero-order chi connectivity index (χ0) is 23.7. The molecule has 3 rings (SSSR count). The Morgan fingerprint density at radius 3 is 2.12 bits per heavy atom. The highest BCUT2D eigenvalue weighted by Gasteiger charge is 2.26. The molecule has 0 saturated carbocycles. The molecule has 0 aliphatic heterocycles. The van der Waals surface area contributed by atoms with Crippen LogP contribution in [0.2, 0.25) is 0 Å². The fourth-order valence-corrected chi connectivity index (χ4v) is 4.75. The largest absolute Gasteiger partial charge is 0.493 e. The van der Waals surface area contributed by atoms with Gasteiger partial charge in [-0.15, -0.1) is 0 Å². The van der Waals surface area contributed by atoms with Crippen LogP contribution in [-0.2, 0) is 27.8 Å². The van der Waals surface area contributed by atoms with Crippen molar-refractivity contribution in [1.82, 2.24) is 9.62 Å². The Morgan fingerprint density at radius 2 is 1.48 bits per heavy atom. The van der Waals surface area contributed by atoms with Gasteiger partial charge in [0.15, 0.2) is 11.5 Å². The van der Waals surface area contributed by atoms with Crippen molar-refractivity contribution in [2.45, 2.75) is 17.9 Å². The smallest absolute Gasteiger partial charge is 0.243 e. The van der Waals surface area contributed by atoms with Crippen LogP contribution in [0, 0.1) is 0 Å².